The van der Waals surface area contributed by atoms with Crippen molar-refractivity contribution >= 4 is 23.2 Å². The van der Waals surface area contributed by atoms with E-state index in [0.717, 1.165) is 42.6 Å². The maximum atomic E-state index is 12.5. The van der Waals surface area contributed by atoms with Gasteiger partial charge in [-0.2, -0.15) is 13.2 Å². The van der Waals surface area contributed by atoms with Gasteiger partial charge in [-0.25, -0.2) is 4.98 Å². The number of carbonyl (C=O) groups is 1. The van der Waals surface area contributed by atoms with E-state index in [1.54, 1.807) is 0 Å². The summed E-state index contributed by atoms with van der Waals surface area (Å²) in [6, 6.07) is 0. The van der Waals surface area contributed by atoms with E-state index < -0.39 is 11.9 Å². The Bertz CT molecular complexity index is 611. The van der Waals surface area contributed by atoms with E-state index in [4.69, 9.17) is 0 Å². The van der Waals surface area contributed by atoms with Gasteiger partial charge < -0.3 is 15.5 Å². The summed E-state index contributed by atoms with van der Waals surface area (Å²) in [5.74, 6) is 0.683. The molecule has 0 bridgehead atoms. The summed E-state index contributed by atoms with van der Waals surface area (Å²) in [5.41, 5.74) is -0.855. The minimum atomic E-state index is -4.41. The summed E-state index contributed by atoms with van der Waals surface area (Å²) in [4.78, 5) is 21.8. The highest BCUT2D eigenvalue weighted by atomic mass is 32.1. The molecule has 2 N–H and O–H groups in total. The van der Waals surface area contributed by atoms with Gasteiger partial charge in [0.15, 0.2) is 11.7 Å². The molecule has 146 valence electrons. The van der Waals surface area contributed by atoms with Gasteiger partial charge in [-0.3, -0.25) is 9.79 Å². The van der Waals surface area contributed by atoms with Gasteiger partial charge in [-0.05, 0) is 19.8 Å². The van der Waals surface area contributed by atoms with E-state index in [-0.39, 0.29) is 5.91 Å². The third-order valence-corrected chi connectivity index (χ3v) is 4.78. The van der Waals surface area contributed by atoms with Gasteiger partial charge >= 0.3 is 6.18 Å². The third-order valence-electron chi connectivity index (χ3n) is 3.87. The summed E-state index contributed by atoms with van der Waals surface area (Å²) in [7, 11) is 0. The van der Waals surface area contributed by atoms with Crippen molar-refractivity contribution in [1.82, 2.24) is 20.5 Å². The minimum Gasteiger partial charge on any atom is -0.357 e. The number of hydrogen-bond donors (Lipinski definition) is 2. The highest BCUT2D eigenvalue weighted by Crippen LogP contribution is 2.30. The second-order valence-electron chi connectivity index (χ2n) is 5.90. The van der Waals surface area contributed by atoms with Gasteiger partial charge in [0.2, 0.25) is 5.91 Å². The molecule has 1 fully saturated rings. The summed E-state index contributed by atoms with van der Waals surface area (Å²) in [6.45, 7) is 5.03. The van der Waals surface area contributed by atoms with Crippen LogP contribution in [0, 0.1) is 0 Å². The van der Waals surface area contributed by atoms with Gasteiger partial charge in [0.05, 0.1) is 5.01 Å². The Kier molecular flexibility index (Phi) is 7.67. The molecule has 0 aromatic carbocycles. The second-order valence-corrected chi connectivity index (χ2v) is 6.84. The molecule has 6 nitrogen and oxygen atoms in total. The molecule has 1 aliphatic rings. The van der Waals surface area contributed by atoms with Crippen LogP contribution in [0.5, 0.6) is 0 Å². The first-order chi connectivity index (χ1) is 12.4. The predicted octanol–water partition coefficient (Wildman–Crippen LogP) is 2.27. The van der Waals surface area contributed by atoms with Crippen molar-refractivity contribution in [2.45, 2.75) is 38.8 Å². The molecule has 1 aromatic heterocycles. The monoisotopic (exact) mass is 391 g/mol. The van der Waals surface area contributed by atoms with Crippen molar-refractivity contribution in [2.24, 2.45) is 4.99 Å². The zero-order valence-corrected chi connectivity index (χ0v) is 15.5. The zero-order valence-electron chi connectivity index (χ0n) is 14.7. The van der Waals surface area contributed by atoms with Crippen molar-refractivity contribution in [2.75, 3.05) is 32.7 Å². The first kappa shape index (κ1) is 20.5. The molecule has 2 heterocycles. The predicted molar refractivity (Wildman–Crippen MR) is 95.2 cm³/mol. The molecule has 2 rings (SSSR count). The van der Waals surface area contributed by atoms with Crippen molar-refractivity contribution in [3.63, 3.8) is 0 Å². The van der Waals surface area contributed by atoms with E-state index in [0.29, 0.717) is 43.4 Å². The van der Waals surface area contributed by atoms with Crippen LogP contribution in [0.25, 0.3) is 0 Å². The van der Waals surface area contributed by atoms with Crippen LogP contribution in [-0.2, 0) is 17.4 Å². The first-order valence-corrected chi connectivity index (χ1v) is 9.59. The summed E-state index contributed by atoms with van der Waals surface area (Å²) in [5, 5.41) is 7.57. The highest BCUT2D eigenvalue weighted by Gasteiger charge is 2.33. The van der Waals surface area contributed by atoms with Gasteiger partial charge in [0, 0.05) is 50.9 Å². The lowest BCUT2D eigenvalue weighted by Gasteiger charge is -2.16. The zero-order chi connectivity index (χ0) is 19.0. The van der Waals surface area contributed by atoms with Crippen LogP contribution in [0.3, 0.4) is 0 Å². The van der Waals surface area contributed by atoms with Crippen molar-refractivity contribution in [3.05, 3.63) is 16.1 Å². The number of nitrogens with one attached hydrogen (secondary N) is 2. The lowest BCUT2D eigenvalue weighted by Crippen LogP contribution is -2.39. The minimum absolute atomic E-state index is 0.133. The van der Waals surface area contributed by atoms with E-state index in [2.05, 4.69) is 20.6 Å². The molecule has 0 radical (unpaired) electrons. The average molecular weight is 391 g/mol. The first-order valence-electron chi connectivity index (χ1n) is 8.71. The number of guanidine groups is 1. The van der Waals surface area contributed by atoms with Crippen LogP contribution >= 0.6 is 11.3 Å². The lowest BCUT2D eigenvalue weighted by atomic mass is 10.3. The van der Waals surface area contributed by atoms with Crippen molar-refractivity contribution in [3.8, 4) is 0 Å². The van der Waals surface area contributed by atoms with Crippen molar-refractivity contribution < 1.29 is 18.0 Å². The Labute approximate surface area is 154 Å². The maximum Gasteiger partial charge on any atom is 0.434 e. The van der Waals surface area contributed by atoms with Crippen LogP contribution < -0.4 is 10.6 Å². The molecule has 26 heavy (non-hydrogen) atoms. The van der Waals surface area contributed by atoms with Gasteiger partial charge in [0.1, 0.15) is 0 Å². The van der Waals surface area contributed by atoms with Crippen molar-refractivity contribution in [1.29, 1.82) is 0 Å². The van der Waals surface area contributed by atoms with Gasteiger partial charge in [-0.15, -0.1) is 11.3 Å². The Morgan fingerprint density at radius 3 is 2.69 bits per heavy atom. The van der Waals surface area contributed by atoms with Crippen LogP contribution in [0.1, 0.15) is 36.9 Å². The van der Waals surface area contributed by atoms with E-state index in [1.807, 2.05) is 11.8 Å². The van der Waals surface area contributed by atoms with Crippen LogP contribution in [0.2, 0.25) is 0 Å². The number of carbonyl (C=O) groups excluding carboxylic acids is 1. The largest absolute Gasteiger partial charge is 0.434 e. The Morgan fingerprint density at radius 2 is 2.08 bits per heavy atom. The van der Waals surface area contributed by atoms with Crippen LogP contribution in [0.4, 0.5) is 13.2 Å². The number of thiazole rings is 1. The molecule has 1 saturated heterocycles. The fourth-order valence-corrected chi connectivity index (χ4v) is 3.37. The number of aliphatic imine (C=N–C) groups is 1. The standard InChI is InChI=1S/C16H24F3N5OS/c1-2-20-15(22-8-6-14(25)24-9-3-4-10-24)21-7-5-13-23-12(11-26-13)16(17,18)19/h11H,2-10H2,1H3,(H2,20,21,22). The van der Waals surface area contributed by atoms with E-state index >= 15 is 0 Å². The molecule has 0 spiro atoms. The smallest absolute Gasteiger partial charge is 0.357 e. The fourth-order valence-electron chi connectivity index (χ4n) is 2.57. The Balaban J connectivity index is 1.76. The lowest BCUT2D eigenvalue weighted by molar-refractivity contribution is -0.140. The fraction of sp³-hybridized carbons (Fsp3) is 0.688. The molecular weight excluding hydrogens is 367 g/mol. The van der Waals surface area contributed by atoms with Crippen LogP contribution in [-0.4, -0.2) is 54.5 Å². The normalized spacial score (nSPS) is 15.4. The number of likely N-dealkylation sites (tertiary alicyclic amines) is 1. The Hall–Kier alpha value is -1.84. The molecular formula is C16H24F3N5OS. The van der Waals surface area contributed by atoms with Gasteiger partial charge in [-0.1, -0.05) is 0 Å². The quantitative estimate of drug-likeness (QED) is 0.553. The molecule has 1 aromatic rings. The number of hydrogen-bond acceptors (Lipinski definition) is 4. The topological polar surface area (TPSA) is 69.6 Å². The van der Waals surface area contributed by atoms with Gasteiger partial charge in [0.25, 0.3) is 0 Å². The molecule has 10 heteroatoms. The summed E-state index contributed by atoms with van der Waals surface area (Å²) >= 11 is 0.986. The summed E-state index contributed by atoms with van der Waals surface area (Å²) < 4.78 is 37.6. The number of rotatable bonds is 7. The molecule has 0 unspecified atom stereocenters. The van der Waals surface area contributed by atoms with E-state index in [1.165, 1.54) is 0 Å². The Morgan fingerprint density at radius 1 is 1.35 bits per heavy atom. The third kappa shape index (κ3) is 6.47. The van der Waals surface area contributed by atoms with Crippen LogP contribution in [0.15, 0.2) is 10.4 Å². The SMILES string of the molecule is CCNC(=NCCc1nc(C(F)(F)F)cs1)NCCC(=O)N1CCCC1. The second kappa shape index (κ2) is 9.75. The number of amides is 1. The maximum absolute atomic E-state index is 12.5. The molecule has 0 aliphatic carbocycles. The number of nitrogens with zero attached hydrogens (tertiary/aromatic N) is 3. The number of alkyl halides is 3. The molecule has 1 aliphatic heterocycles. The average Bonchev–Trinajstić information content (AvgIpc) is 3.26. The molecule has 0 saturated carbocycles. The number of halogens is 3. The van der Waals surface area contributed by atoms with E-state index in [9.17, 15) is 18.0 Å². The summed E-state index contributed by atoms with van der Waals surface area (Å²) in [6.07, 6.45) is -1.54. The highest BCUT2D eigenvalue weighted by molar-refractivity contribution is 7.09. The molecule has 1 amide bonds. The molecule has 0 atom stereocenters. The number of aromatic nitrogens is 1.